The third-order valence-corrected chi connectivity index (χ3v) is 6.42. The minimum absolute atomic E-state index is 0.00805. The highest BCUT2D eigenvalue weighted by Crippen LogP contribution is 2.31. The van der Waals surface area contributed by atoms with E-state index in [2.05, 4.69) is 15.8 Å². The summed E-state index contributed by atoms with van der Waals surface area (Å²) < 4.78 is 37.3. The molecule has 1 amide bonds. The molecule has 1 aromatic heterocycles. The summed E-state index contributed by atoms with van der Waals surface area (Å²) in [4.78, 5) is 13.1. The molecule has 10 heteroatoms. The predicted molar refractivity (Wildman–Crippen MR) is 121 cm³/mol. The largest absolute Gasteiger partial charge is 0.492 e. The van der Waals surface area contributed by atoms with Crippen LogP contribution < -0.4 is 15.4 Å². The summed E-state index contributed by atoms with van der Waals surface area (Å²) in [6.45, 7) is 3.82. The van der Waals surface area contributed by atoms with Crippen molar-refractivity contribution in [2.75, 3.05) is 31.3 Å². The molecule has 0 aliphatic heterocycles. The standard InChI is InChI=1S/C22H26N4O5S/c1-5-30-18-12-11-17(14-19(18)32(28,29)26(3)4)23-21(16-9-7-6-8-10-16)22(27)24-20-13-15(2)31-25-20/h6-14,21,23H,5H2,1-4H3,(H,24,25,27)/t21-/m1/s1. The average molecular weight is 459 g/mol. The van der Waals surface area contributed by atoms with Crippen molar-refractivity contribution < 1.29 is 22.5 Å². The van der Waals surface area contributed by atoms with Crippen molar-refractivity contribution in [2.45, 2.75) is 24.8 Å². The molecule has 0 radical (unpaired) electrons. The number of rotatable bonds is 9. The number of carbonyl (C=O) groups excluding carboxylic acids is 1. The van der Waals surface area contributed by atoms with Crippen molar-refractivity contribution in [1.82, 2.24) is 9.46 Å². The first-order chi connectivity index (χ1) is 15.2. The molecule has 32 heavy (non-hydrogen) atoms. The zero-order chi connectivity index (χ0) is 23.3. The number of ether oxygens (including phenoxy) is 1. The van der Waals surface area contributed by atoms with E-state index in [1.165, 1.54) is 20.2 Å². The van der Waals surface area contributed by atoms with Gasteiger partial charge in [-0.3, -0.25) is 4.79 Å². The van der Waals surface area contributed by atoms with Crippen LogP contribution in [0.5, 0.6) is 5.75 Å². The van der Waals surface area contributed by atoms with E-state index < -0.39 is 16.1 Å². The highest BCUT2D eigenvalue weighted by molar-refractivity contribution is 7.89. The van der Waals surface area contributed by atoms with E-state index in [1.807, 2.05) is 18.2 Å². The first-order valence-corrected chi connectivity index (χ1v) is 11.4. The molecule has 3 aromatic rings. The lowest BCUT2D eigenvalue weighted by Gasteiger charge is -2.21. The first kappa shape index (κ1) is 23.3. The topological polar surface area (TPSA) is 114 Å². The van der Waals surface area contributed by atoms with Crippen LogP contribution >= 0.6 is 0 Å². The Morgan fingerprint density at radius 3 is 2.47 bits per heavy atom. The van der Waals surface area contributed by atoms with Gasteiger partial charge in [-0.05, 0) is 37.6 Å². The van der Waals surface area contributed by atoms with E-state index in [4.69, 9.17) is 9.26 Å². The Morgan fingerprint density at radius 2 is 1.88 bits per heavy atom. The zero-order valence-corrected chi connectivity index (χ0v) is 19.1. The lowest BCUT2D eigenvalue weighted by atomic mass is 10.1. The molecule has 2 N–H and O–H groups in total. The number of carbonyl (C=O) groups is 1. The highest BCUT2D eigenvalue weighted by atomic mass is 32.2. The van der Waals surface area contributed by atoms with Crippen LogP contribution in [-0.4, -0.2) is 44.5 Å². The maximum Gasteiger partial charge on any atom is 0.252 e. The summed E-state index contributed by atoms with van der Waals surface area (Å²) in [7, 11) is -0.874. The highest BCUT2D eigenvalue weighted by Gasteiger charge is 2.26. The van der Waals surface area contributed by atoms with Gasteiger partial charge in [-0.15, -0.1) is 0 Å². The van der Waals surface area contributed by atoms with Crippen LogP contribution in [-0.2, 0) is 14.8 Å². The summed E-state index contributed by atoms with van der Waals surface area (Å²) in [5.74, 6) is 0.716. The third-order valence-electron chi connectivity index (χ3n) is 4.59. The first-order valence-electron chi connectivity index (χ1n) is 9.97. The molecular weight excluding hydrogens is 432 g/mol. The van der Waals surface area contributed by atoms with Crippen LogP contribution in [0.25, 0.3) is 0 Å². The van der Waals surface area contributed by atoms with E-state index in [9.17, 15) is 13.2 Å². The van der Waals surface area contributed by atoms with Gasteiger partial charge in [-0.25, -0.2) is 12.7 Å². The molecule has 3 rings (SSSR count). The van der Waals surface area contributed by atoms with Gasteiger partial charge in [0.2, 0.25) is 10.0 Å². The molecule has 2 aromatic carbocycles. The molecule has 1 heterocycles. The number of aromatic nitrogens is 1. The zero-order valence-electron chi connectivity index (χ0n) is 18.3. The molecule has 0 spiro atoms. The maximum atomic E-state index is 13.1. The second-order valence-corrected chi connectivity index (χ2v) is 9.30. The Hall–Kier alpha value is -3.37. The number of benzene rings is 2. The number of sulfonamides is 1. The van der Waals surface area contributed by atoms with Crippen molar-refractivity contribution in [3.8, 4) is 5.75 Å². The van der Waals surface area contributed by atoms with E-state index in [-0.39, 0.29) is 22.4 Å². The van der Waals surface area contributed by atoms with Crippen LogP contribution in [0.3, 0.4) is 0 Å². The van der Waals surface area contributed by atoms with E-state index in [0.717, 1.165) is 4.31 Å². The van der Waals surface area contributed by atoms with Gasteiger partial charge in [0.1, 0.15) is 22.4 Å². The second kappa shape index (κ2) is 9.84. The quantitative estimate of drug-likeness (QED) is 0.505. The Bertz CT molecular complexity index is 1180. The number of hydrogen-bond acceptors (Lipinski definition) is 7. The van der Waals surface area contributed by atoms with Crippen molar-refractivity contribution in [2.24, 2.45) is 0 Å². The molecule has 1 atom stereocenters. The van der Waals surface area contributed by atoms with Crippen LogP contribution in [0.15, 0.2) is 64.0 Å². The number of nitrogens with one attached hydrogen (secondary N) is 2. The smallest absolute Gasteiger partial charge is 0.252 e. The maximum absolute atomic E-state index is 13.1. The molecule has 0 unspecified atom stereocenters. The van der Waals surface area contributed by atoms with Gasteiger partial charge < -0.3 is 19.9 Å². The van der Waals surface area contributed by atoms with Crippen molar-refractivity contribution in [3.63, 3.8) is 0 Å². The molecule has 170 valence electrons. The fraction of sp³-hybridized carbons (Fsp3) is 0.273. The number of hydrogen-bond donors (Lipinski definition) is 2. The molecule has 0 aliphatic rings. The summed E-state index contributed by atoms with van der Waals surface area (Å²) >= 11 is 0. The normalized spacial score (nSPS) is 12.4. The van der Waals surface area contributed by atoms with Crippen LogP contribution in [0.2, 0.25) is 0 Å². The lowest BCUT2D eigenvalue weighted by molar-refractivity contribution is -0.117. The lowest BCUT2D eigenvalue weighted by Crippen LogP contribution is -2.28. The molecule has 0 aliphatic carbocycles. The minimum Gasteiger partial charge on any atom is -0.492 e. The monoisotopic (exact) mass is 458 g/mol. The average Bonchev–Trinajstić information content (AvgIpc) is 3.17. The minimum atomic E-state index is -3.77. The van der Waals surface area contributed by atoms with Crippen molar-refractivity contribution in [3.05, 3.63) is 65.9 Å². The van der Waals surface area contributed by atoms with Crippen LogP contribution in [0.1, 0.15) is 24.3 Å². The van der Waals surface area contributed by atoms with Gasteiger partial charge in [-0.2, -0.15) is 0 Å². The van der Waals surface area contributed by atoms with E-state index in [0.29, 0.717) is 23.6 Å². The molecule has 0 saturated heterocycles. The fourth-order valence-corrected chi connectivity index (χ4v) is 4.06. The van der Waals surface area contributed by atoms with E-state index >= 15 is 0 Å². The van der Waals surface area contributed by atoms with Crippen LogP contribution in [0, 0.1) is 6.92 Å². The van der Waals surface area contributed by atoms with Crippen molar-refractivity contribution >= 4 is 27.4 Å². The number of amides is 1. The fourth-order valence-electron chi connectivity index (χ4n) is 3.01. The second-order valence-electron chi connectivity index (χ2n) is 7.18. The van der Waals surface area contributed by atoms with Gasteiger partial charge in [0.05, 0.1) is 6.61 Å². The Balaban J connectivity index is 1.97. The summed E-state index contributed by atoms with van der Waals surface area (Å²) in [6.07, 6.45) is 0. The molecule has 0 fully saturated rings. The Morgan fingerprint density at radius 1 is 1.16 bits per heavy atom. The SMILES string of the molecule is CCOc1ccc(N[C@@H](C(=O)Nc2cc(C)on2)c2ccccc2)cc1S(=O)(=O)N(C)C. The summed E-state index contributed by atoms with van der Waals surface area (Å²) in [5, 5.41) is 9.65. The van der Waals surface area contributed by atoms with Crippen LogP contribution in [0.4, 0.5) is 11.5 Å². The predicted octanol–water partition coefficient (Wildman–Crippen LogP) is 3.42. The van der Waals surface area contributed by atoms with Gasteiger partial charge in [0.25, 0.3) is 5.91 Å². The van der Waals surface area contributed by atoms with Gasteiger partial charge in [-0.1, -0.05) is 35.5 Å². The van der Waals surface area contributed by atoms with Gasteiger partial charge >= 0.3 is 0 Å². The number of anilines is 2. The summed E-state index contributed by atoms with van der Waals surface area (Å²) in [5.41, 5.74) is 1.13. The molecule has 9 nitrogen and oxygen atoms in total. The summed E-state index contributed by atoms with van der Waals surface area (Å²) in [6, 6.07) is 14.6. The molecule has 0 bridgehead atoms. The van der Waals surface area contributed by atoms with Gasteiger partial charge in [0, 0.05) is 25.8 Å². The van der Waals surface area contributed by atoms with Gasteiger partial charge in [0.15, 0.2) is 5.82 Å². The Labute approximate surface area is 187 Å². The third kappa shape index (κ3) is 5.27. The number of aryl methyl sites for hydroxylation is 1. The van der Waals surface area contributed by atoms with Crippen molar-refractivity contribution in [1.29, 1.82) is 0 Å². The number of nitrogens with zero attached hydrogens (tertiary/aromatic N) is 2. The molecular formula is C22H26N4O5S. The van der Waals surface area contributed by atoms with E-state index in [1.54, 1.807) is 44.2 Å². The Kier molecular flexibility index (Phi) is 7.16. The molecule has 0 saturated carbocycles.